The van der Waals surface area contributed by atoms with Gasteiger partial charge in [0.25, 0.3) is 5.91 Å². The van der Waals surface area contributed by atoms with Gasteiger partial charge in [-0.2, -0.15) is 0 Å². The first-order valence-electron chi connectivity index (χ1n) is 7.69. The second-order valence-corrected chi connectivity index (χ2v) is 6.20. The Labute approximate surface area is 158 Å². The molecule has 0 fully saturated rings. The van der Waals surface area contributed by atoms with Gasteiger partial charge in [0.05, 0.1) is 19.9 Å². The van der Waals surface area contributed by atoms with E-state index in [0.29, 0.717) is 21.5 Å². The summed E-state index contributed by atoms with van der Waals surface area (Å²) in [6, 6.07) is 9.11. The van der Waals surface area contributed by atoms with Gasteiger partial charge < -0.3 is 20.1 Å². The number of carbonyl (C=O) groups excluding carboxylic acids is 2. The van der Waals surface area contributed by atoms with Crippen LogP contribution in [0.1, 0.15) is 16.8 Å². The summed E-state index contributed by atoms with van der Waals surface area (Å²) in [5, 5.41) is 5.09. The van der Waals surface area contributed by atoms with Crippen LogP contribution in [0.25, 0.3) is 0 Å². The highest BCUT2D eigenvalue weighted by atomic mass is 79.9. The van der Waals surface area contributed by atoms with Crippen molar-refractivity contribution in [1.82, 2.24) is 5.32 Å². The third-order valence-electron chi connectivity index (χ3n) is 3.46. The van der Waals surface area contributed by atoms with Crippen LogP contribution in [0.15, 0.2) is 40.9 Å². The summed E-state index contributed by atoms with van der Waals surface area (Å²) >= 11 is 3.14. The van der Waals surface area contributed by atoms with Gasteiger partial charge in [-0.05, 0) is 30.3 Å². The number of anilines is 1. The molecule has 0 aliphatic heterocycles. The summed E-state index contributed by atoms with van der Waals surface area (Å²) in [6.45, 7) is 0.0995. The fourth-order valence-corrected chi connectivity index (χ4v) is 2.47. The third-order valence-corrected chi connectivity index (χ3v) is 3.95. The predicted molar refractivity (Wildman–Crippen MR) is 99.2 cm³/mol. The lowest BCUT2D eigenvalue weighted by atomic mass is 10.2. The highest BCUT2D eigenvalue weighted by Gasteiger charge is 2.11. The van der Waals surface area contributed by atoms with Crippen LogP contribution in [0.4, 0.5) is 10.1 Å². The summed E-state index contributed by atoms with van der Waals surface area (Å²) < 4.78 is 24.5. The molecule has 0 atom stereocenters. The van der Waals surface area contributed by atoms with Gasteiger partial charge in [-0.25, -0.2) is 4.39 Å². The molecule has 8 heteroatoms. The normalized spacial score (nSPS) is 10.2. The Morgan fingerprint density at radius 1 is 1.08 bits per heavy atom. The number of rotatable bonds is 7. The fraction of sp³-hybridized carbons (Fsp3) is 0.222. The quantitative estimate of drug-likeness (QED) is 0.714. The van der Waals surface area contributed by atoms with Crippen molar-refractivity contribution in [2.24, 2.45) is 0 Å². The molecule has 0 aliphatic rings. The second-order valence-electron chi connectivity index (χ2n) is 5.28. The number of benzene rings is 2. The zero-order valence-electron chi connectivity index (χ0n) is 14.3. The van der Waals surface area contributed by atoms with Gasteiger partial charge in [0.15, 0.2) is 0 Å². The molecule has 0 spiro atoms. The van der Waals surface area contributed by atoms with Crippen molar-refractivity contribution in [2.75, 3.05) is 26.1 Å². The Kier molecular flexibility index (Phi) is 6.97. The topological polar surface area (TPSA) is 76.7 Å². The molecule has 0 aromatic heterocycles. The van der Waals surface area contributed by atoms with Crippen molar-refractivity contribution in [2.45, 2.75) is 6.42 Å². The lowest BCUT2D eigenvalue weighted by molar-refractivity contribution is -0.116. The number of methoxy groups -OCH3 is 2. The minimum absolute atomic E-state index is 0.00233. The highest BCUT2D eigenvalue weighted by Crippen LogP contribution is 2.22. The molecule has 2 amide bonds. The van der Waals surface area contributed by atoms with E-state index in [1.807, 2.05) is 0 Å². The van der Waals surface area contributed by atoms with E-state index in [9.17, 15) is 14.0 Å². The SMILES string of the molecule is COc1cc(OC)cc(C(=O)NCCC(=O)Nc2ccc(Br)cc2F)c1. The maximum Gasteiger partial charge on any atom is 0.251 e. The minimum Gasteiger partial charge on any atom is -0.497 e. The molecule has 138 valence electrons. The van der Waals surface area contributed by atoms with Crippen LogP contribution >= 0.6 is 15.9 Å². The van der Waals surface area contributed by atoms with Crippen LogP contribution < -0.4 is 20.1 Å². The van der Waals surface area contributed by atoms with Crippen molar-refractivity contribution in [3.63, 3.8) is 0 Å². The average Bonchev–Trinajstić information content (AvgIpc) is 2.63. The summed E-state index contributed by atoms with van der Waals surface area (Å²) in [7, 11) is 2.98. The molecule has 2 aromatic carbocycles. The van der Waals surface area contributed by atoms with Gasteiger partial charge in [-0.3, -0.25) is 9.59 Å². The fourth-order valence-electron chi connectivity index (χ4n) is 2.13. The van der Waals surface area contributed by atoms with Crippen molar-refractivity contribution in [3.8, 4) is 11.5 Å². The number of hydrogen-bond acceptors (Lipinski definition) is 4. The number of carbonyl (C=O) groups is 2. The third kappa shape index (κ3) is 5.45. The first kappa shape index (κ1) is 19.7. The molecule has 0 saturated heterocycles. The Morgan fingerprint density at radius 3 is 2.31 bits per heavy atom. The summed E-state index contributed by atoms with van der Waals surface area (Å²) in [5.41, 5.74) is 0.433. The summed E-state index contributed by atoms with van der Waals surface area (Å²) in [4.78, 5) is 24.1. The number of halogens is 2. The standard InChI is InChI=1S/C18H18BrFN2O4/c1-25-13-7-11(8-14(10-13)26-2)18(24)21-6-5-17(23)22-16-4-3-12(19)9-15(16)20/h3-4,7-10H,5-6H2,1-2H3,(H,21,24)(H,22,23). The molecule has 0 bridgehead atoms. The van der Waals surface area contributed by atoms with Crippen LogP contribution in [-0.2, 0) is 4.79 Å². The van der Waals surface area contributed by atoms with E-state index >= 15 is 0 Å². The zero-order chi connectivity index (χ0) is 19.1. The second kappa shape index (κ2) is 9.19. The van der Waals surface area contributed by atoms with Gasteiger partial charge in [-0.1, -0.05) is 15.9 Å². The van der Waals surface area contributed by atoms with Gasteiger partial charge in [0, 0.05) is 29.1 Å². The number of nitrogens with one attached hydrogen (secondary N) is 2. The van der Waals surface area contributed by atoms with Crippen molar-refractivity contribution in [3.05, 3.63) is 52.3 Å². The van der Waals surface area contributed by atoms with Gasteiger partial charge in [0.2, 0.25) is 5.91 Å². The maximum atomic E-state index is 13.7. The Balaban J connectivity index is 1.88. The van der Waals surface area contributed by atoms with Crippen LogP contribution in [0, 0.1) is 5.82 Å². The van der Waals surface area contributed by atoms with Crippen molar-refractivity contribution >= 4 is 33.4 Å². The number of ether oxygens (including phenoxy) is 2. The van der Waals surface area contributed by atoms with E-state index in [-0.39, 0.29) is 24.6 Å². The first-order valence-corrected chi connectivity index (χ1v) is 8.48. The number of hydrogen-bond donors (Lipinski definition) is 2. The smallest absolute Gasteiger partial charge is 0.251 e. The number of amides is 2. The molecule has 0 radical (unpaired) electrons. The molecule has 0 unspecified atom stereocenters. The van der Waals surface area contributed by atoms with Gasteiger partial charge in [-0.15, -0.1) is 0 Å². The van der Waals surface area contributed by atoms with E-state index in [4.69, 9.17) is 9.47 Å². The van der Waals surface area contributed by atoms with Crippen molar-refractivity contribution in [1.29, 1.82) is 0 Å². The van der Waals surface area contributed by atoms with Crippen molar-refractivity contribution < 1.29 is 23.5 Å². The molecule has 0 aliphatic carbocycles. The molecule has 6 nitrogen and oxygen atoms in total. The molecule has 26 heavy (non-hydrogen) atoms. The van der Waals surface area contributed by atoms with Crippen LogP contribution in [0.3, 0.4) is 0 Å². The van der Waals surface area contributed by atoms with Gasteiger partial charge >= 0.3 is 0 Å². The van der Waals surface area contributed by atoms with E-state index in [2.05, 4.69) is 26.6 Å². The Hall–Kier alpha value is -2.61. The zero-order valence-corrected chi connectivity index (χ0v) is 15.9. The maximum absolute atomic E-state index is 13.7. The van der Waals surface area contributed by atoms with Crippen LogP contribution in [0.2, 0.25) is 0 Å². The molecule has 2 aromatic rings. The molecule has 2 N–H and O–H groups in total. The Morgan fingerprint density at radius 2 is 1.73 bits per heavy atom. The highest BCUT2D eigenvalue weighted by molar-refractivity contribution is 9.10. The molecular weight excluding hydrogens is 407 g/mol. The lowest BCUT2D eigenvalue weighted by Gasteiger charge is -2.10. The van der Waals surface area contributed by atoms with E-state index < -0.39 is 11.7 Å². The average molecular weight is 425 g/mol. The molecule has 0 heterocycles. The summed E-state index contributed by atoms with van der Waals surface area (Å²) in [6.07, 6.45) is 0.00233. The minimum atomic E-state index is -0.541. The predicted octanol–water partition coefficient (Wildman–Crippen LogP) is 3.36. The summed E-state index contributed by atoms with van der Waals surface area (Å²) in [5.74, 6) is -0.351. The largest absolute Gasteiger partial charge is 0.497 e. The first-order chi connectivity index (χ1) is 12.4. The van der Waals surface area contributed by atoms with Gasteiger partial charge in [0.1, 0.15) is 17.3 Å². The lowest BCUT2D eigenvalue weighted by Crippen LogP contribution is -2.27. The monoisotopic (exact) mass is 424 g/mol. The van der Waals surface area contributed by atoms with E-state index in [1.165, 1.54) is 26.4 Å². The molecule has 0 saturated carbocycles. The van der Waals surface area contributed by atoms with E-state index in [0.717, 1.165) is 0 Å². The van der Waals surface area contributed by atoms with Crippen LogP contribution in [0.5, 0.6) is 11.5 Å². The van der Waals surface area contributed by atoms with Crippen LogP contribution in [-0.4, -0.2) is 32.6 Å². The molecular formula is C18H18BrFN2O4. The molecule has 2 rings (SSSR count). The van der Waals surface area contributed by atoms with E-state index in [1.54, 1.807) is 24.3 Å². The Bertz CT molecular complexity index is 792.